The van der Waals surface area contributed by atoms with Crippen molar-refractivity contribution in [3.05, 3.63) is 34.3 Å². The highest BCUT2D eigenvalue weighted by Gasteiger charge is 2.44. The van der Waals surface area contributed by atoms with Crippen LogP contribution in [0.5, 0.6) is 0 Å². The first kappa shape index (κ1) is 14.6. The number of likely N-dealkylation sites (tertiary alicyclic amines) is 1. The van der Waals surface area contributed by atoms with E-state index in [1.54, 1.807) is 0 Å². The molecule has 2 saturated heterocycles. The molecule has 4 atom stereocenters. The van der Waals surface area contributed by atoms with Gasteiger partial charge in [-0.15, -0.1) is 0 Å². The smallest absolute Gasteiger partial charge is 0.0175 e. The average molecular weight is 337 g/mol. The average Bonchev–Trinajstić information content (AvgIpc) is 3.01. The second-order valence-corrected chi connectivity index (χ2v) is 7.35. The van der Waals surface area contributed by atoms with Crippen molar-refractivity contribution < 1.29 is 0 Å². The van der Waals surface area contributed by atoms with Gasteiger partial charge in [-0.2, -0.15) is 0 Å². The first-order valence-corrected chi connectivity index (χ1v) is 8.69. The molecule has 2 nitrogen and oxygen atoms in total. The van der Waals surface area contributed by atoms with Crippen LogP contribution in [0.1, 0.15) is 25.8 Å². The monoisotopic (exact) mass is 336 g/mol. The Kier molecular flexibility index (Phi) is 4.49. The Balaban J connectivity index is 1.67. The lowest BCUT2D eigenvalue weighted by atomic mass is 9.92. The summed E-state index contributed by atoms with van der Waals surface area (Å²) < 4.78 is 1.17. The Bertz CT molecular complexity index is 445. The van der Waals surface area contributed by atoms with Gasteiger partial charge >= 0.3 is 0 Å². The van der Waals surface area contributed by atoms with Gasteiger partial charge in [-0.25, -0.2) is 0 Å². The van der Waals surface area contributed by atoms with Gasteiger partial charge in [-0.1, -0.05) is 35.0 Å². The molecule has 0 amide bonds. The number of hydrogen-bond donors (Lipinski definition) is 1. The lowest BCUT2D eigenvalue weighted by Crippen LogP contribution is -2.42. The van der Waals surface area contributed by atoms with E-state index >= 15 is 0 Å². The third-order valence-corrected chi connectivity index (χ3v) is 5.72. The zero-order valence-electron chi connectivity index (χ0n) is 12.5. The molecule has 3 heteroatoms. The molecule has 1 aromatic rings. The molecule has 1 N–H and O–H groups in total. The summed E-state index contributed by atoms with van der Waals surface area (Å²) in [6, 6.07) is 10.2. The largest absolute Gasteiger partial charge is 0.316 e. The van der Waals surface area contributed by atoms with Crippen molar-refractivity contribution >= 4 is 15.9 Å². The number of nitrogens with zero attached hydrogens (tertiary/aromatic N) is 1. The fourth-order valence-corrected chi connectivity index (χ4v) is 4.44. The molecule has 20 heavy (non-hydrogen) atoms. The van der Waals surface area contributed by atoms with Gasteiger partial charge in [0.1, 0.15) is 0 Å². The van der Waals surface area contributed by atoms with E-state index in [0.717, 1.165) is 24.3 Å². The van der Waals surface area contributed by atoms with Gasteiger partial charge < -0.3 is 5.32 Å². The van der Waals surface area contributed by atoms with Crippen LogP contribution in [0.3, 0.4) is 0 Å². The molecule has 3 rings (SSSR count). The molecule has 0 aliphatic carbocycles. The van der Waals surface area contributed by atoms with Gasteiger partial charge in [0.15, 0.2) is 0 Å². The third-order valence-electron chi connectivity index (χ3n) is 5.19. The van der Waals surface area contributed by atoms with Crippen molar-refractivity contribution in [3.63, 3.8) is 0 Å². The molecule has 0 spiro atoms. The Hall–Kier alpha value is -0.380. The zero-order chi connectivity index (χ0) is 14.1. The van der Waals surface area contributed by atoms with Gasteiger partial charge in [0.25, 0.3) is 0 Å². The predicted octanol–water partition coefficient (Wildman–Crippen LogP) is 3.31. The van der Waals surface area contributed by atoms with E-state index < -0.39 is 0 Å². The van der Waals surface area contributed by atoms with E-state index in [9.17, 15) is 0 Å². The second-order valence-electron chi connectivity index (χ2n) is 6.43. The number of rotatable bonds is 4. The lowest BCUT2D eigenvalue weighted by molar-refractivity contribution is 0.164. The van der Waals surface area contributed by atoms with E-state index in [4.69, 9.17) is 0 Å². The summed E-state index contributed by atoms with van der Waals surface area (Å²) in [6.45, 7) is 8.49. The van der Waals surface area contributed by atoms with Crippen LogP contribution in [-0.2, 0) is 6.42 Å². The molecule has 0 saturated carbocycles. The second kappa shape index (κ2) is 6.17. The Morgan fingerprint density at radius 3 is 2.75 bits per heavy atom. The van der Waals surface area contributed by atoms with Crippen LogP contribution in [0, 0.1) is 11.8 Å². The van der Waals surface area contributed by atoms with E-state index in [1.807, 2.05) is 0 Å². The molecular formula is C17H25BrN2. The Morgan fingerprint density at radius 2 is 2.05 bits per heavy atom. The summed E-state index contributed by atoms with van der Waals surface area (Å²) in [5.41, 5.74) is 1.45. The molecule has 4 unspecified atom stereocenters. The van der Waals surface area contributed by atoms with Gasteiger partial charge in [-0.05, 0) is 62.4 Å². The molecular weight excluding hydrogens is 312 g/mol. The molecule has 0 radical (unpaired) electrons. The Labute approximate surface area is 131 Å². The van der Waals surface area contributed by atoms with Crippen LogP contribution in [0.25, 0.3) is 0 Å². The standard InChI is InChI=1S/C17H25BrN2/c1-3-17-16-10-19-9-14(16)11-20(17)12(2)8-13-4-6-15(18)7-5-13/h4-7,12,14,16-17,19H,3,8-11H2,1-2H3. The highest BCUT2D eigenvalue weighted by atomic mass is 79.9. The van der Waals surface area contributed by atoms with E-state index in [-0.39, 0.29) is 0 Å². The van der Waals surface area contributed by atoms with E-state index in [2.05, 4.69) is 64.3 Å². The minimum Gasteiger partial charge on any atom is -0.316 e. The van der Waals surface area contributed by atoms with Gasteiger partial charge in [-0.3, -0.25) is 4.90 Å². The number of fused-ring (bicyclic) bond motifs is 1. The summed E-state index contributed by atoms with van der Waals surface area (Å²) in [5, 5.41) is 3.57. The third kappa shape index (κ3) is 2.81. The first-order chi connectivity index (χ1) is 9.69. The summed E-state index contributed by atoms with van der Waals surface area (Å²) in [5.74, 6) is 1.76. The molecule has 0 bridgehead atoms. The highest BCUT2D eigenvalue weighted by molar-refractivity contribution is 9.10. The summed E-state index contributed by atoms with van der Waals surface area (Å²) in [4.78, 5) is 2.78. The summed E-state index contributed by atoms with van der Waals surface area (Å²) in [7, 11) is 0. The minimum absolute atomic E-state index is 0.645. The normalized spacial score (nSPS) is 31.4. The van der Waals surface area contributed by atoms with Crippen LogP contribution in [0.2, 0.25) is 0 Å². The fraction of sp³-hybridized carbons (Fsp3) is 0.647. The minimum atomic E-state index is 0.645. The molecule has 2 aliphatic rings. The van der Waals surface area contributed by atoms with Gasteiger partial charge in [0.2, 0.25) is 0 Å². The molecule has 2 aliphatic heterocycles. The van der Waals surface area contributed by atoms with Crippen LogP contribution >= 0.6 is 15.9 Å². The zero-order valence-corrected chi connectivity index (χ0v) is 14.1. The predicted molar refractivity (Wildman–Crippen MR) is 87.9 cm³/mol. The van der Waals surface area contributed by atoms with Crippen LogP contribution < -0.4 is 5.32 Å². The van der Waals surface area contributed by atoms with E-state index in [1.165, 1.54) is 36.1 Å². The molecule has 1 aromatic carbocycles. The lowest BCUT2D eigenvalue weighted by Gasteiger charge is -2.32. The maximum absolute atomic E-state index is 3.57. The SMILES string of the molecule is CCC1C2CNCC2CN1C(C)Cc1ccc(Br)cc1. The van der Waals surface area contributed by atoms with Gasteiger partial charge in [0, 0.05) is 23.1 Å². The van der Waals surface area contributed by atoms with Crippen molar-refractivity contribution in [2.24, 2.45) is 11.8 Å². The number of halogens is 1. The van der Waals surface area contributed by atoms with Crippen molar-refractivity contribution in [2.45, 2.75) is 38.8 Å². The molecule has 2 heterocycles. The van der Waals surface area contributed by atoms with Crippen molar-refractivity contribution in [1.29, 1.82) is 0 Å². The molecule has 110 valence electrons. The maximum Gasteiger partial charge on any atom is 0.0175 e. The fourth-order valence-electron chi connectivity index (χ4n) is 4.18. The van der Waals surface area contributed by atoms with Crippen LogP contribution in [-0.4, -0.2) is 36.6 Å². The topological polar surface area (TPSA) is 15.3 Å². The highest BCUT2D eigenvalue weighted by Crippen LogP contribution is 2.36. The van der Waals surface area contributed by atoms with Gasteiger partial charge in [0.05, 0.1) is 0 Å². The Morgan fingerprint density at radius 1 is 1.30 bits per heavy atom. The molecule has 0 aromatic heterocycles. The maximum atomic E-state index is 3.57. The first-order valence-electron chi connectivity index (χ1n) is 7.90. The van der Waals surface area contributed by atoms with Crippen LogP contribution in [0.15, 0.2) is 28.7 Å². The van der Waals surface area contributed by atoms with Crippen molar-refractivity contribution in [2.75, 3.05) is 19.6 Å². The van der Waals surface area contributed by atoms with E-state index in [0.29, 0.717) is 6.04 Å². The van der Waals surface area contributed by atoms with Crippen LogP contribution in [0.4, 0.5) is 0 Å². The number of benzene rings is 1. The molecule has 2 fully saturated rings. The number of nitrogens with one attached hydrogen (secondary N) is 1. The summed E-state index contributed by atoms with van der Waals surface area (Å²) >= 11 is 3.51. The summed E-state index contributed by atoms with van der Waals surface area (Å²) in [6.07, 6.45) is 2.45. The number of hydrogen-bond acceptors (Lipinski definition) is 2. The van der Waals surface area contributed by atoms with Crippen molar-refractivity contribution in [3.8, 4) is 0 Å². The van der Waals surface area contributed by atoms with Crippen molar-refractivity contribution in [1.82, 2.24) is 10.2 Å². The quantitative estimate of drug-likeness (QED) is 0.907.